The maximum absolute atomic E-state index is 10.8. The van der Waals surface area contributed by atoms with E-state index in [2.05, 4.69) is 24.5 Å². The van der Waals surface area contributed by atoms with Crippen molar-refractivity contribution in [2.45, 2.75) is 20.8 Å². The van der Waals surface area contributed by atoms with E-state index in [0.29, 0.717) is 19.1 Å². The molecule has 0 saturated heterocycles. The Morgan fingerprint density at radius 2 is 2.08 bits per heavy atom. The predicted octanol–water partition coefficient (Wildman–Crippen LogP) is 0.978. The Bertz CT molecular complexity index is 138. The molecule has 0 atom stereocenters. The van der Waals surface area contributed by atoms with Gasteiger partial charge in [0.15, 0.2) is 0 Å². The molecule has 0 aliphatic heterocycles. The van der Waals surface area contributed by atoms with E-state index in [9.17, 15) is 4.79 Å². The van der Waals surface area contributed by atoms with Crippen LogP contribution in [0.5, 0.6) is 0 Å². The number of rotatable bonds is 6. The average Bonchev–Trinajstić information content (AvgIpc) is 2.03. The Kier molecular flexibility index (Phi) is 7.39. The molecule has 13 heavy (non-hydrogen) atoms. The number of carbonyl (C=O) groups excluding carboxylic acids is 1. The predicted molar refractivity (Wildman–Crippen MR) is 52.7 cm³/mol. The van der Waals surface area contributed by atoms with Gasteiger partial charge in [-0.3, -0.25) is 0 Å². The quantitative estimate of drug-likeness (QED) is 0.611. The summed E-state index contributed by atoms with van der Waals surface area (Å²) in [4.78, 5) is 10.8. The second-order valence-corrected chi connectivity index (χ2v) is 3.25. The average molecular weight is 188 g/mol. The highest BCUT2D eigenvalue weighted by Crippen LogP contribution is 1.85. The SMILES string of the molecule is CCOC(=O)NCCNCC(C)C. The Hall–Kier alpha value is -0.770. The molecule has 0 fully saturated rings. The van der Waals surface area contributed by atoms with Gasteiger partial charge in [-0.25, -0.2) is 4.79 Å². The van der Waals surface area contributed by atoms with Crippen LogP contribution in [-0.2, 0) is 4.74 Å². The van der Waals surface area contributed by atoms with Crippen LogP contribution in [0.1, 0.15) is 20.8 Å². The van der Waals surface area contributed by atoms with Crippen LogP contribution in [0, 0.1) is 5.92 Å². The molecule has 0 aromatic carbocycles. The highest BCUT2D eigenvalue weighted by Gasteiger charge is 1.97. The van der Waals surface area contributed by atoms with Crippen LogP contribution in [-0.4, -0.2) is 32.3 Å². The lowest BCUT2D eigenvalue weighted by Crippen LogP contribution is -2.33. The smallest absolute Gasteiger partial charge is 0.407 e. The second kappa shape index (κ2) is 7.86. The highest BCUT2D eigenvalue weighted by atomic mass is 16.5. The molecule has 0 saturated carbocycles. The summed E-state index contributed by atoms with van der Waals surface area (Å²) in [5.41, 5.74) is 0. The third-order valence-corrected chi connectivity index (χ3v) is 1.40. The van der Waals surface area contributed by atoms with Gasteiger partial charge in [0.25, 0.3) is 0 Å². The van der Waals surface area contributed by atoms with Gasteiger partial charge in [-0.1, -0.05) is 13.8 Å². The largest absolute Gasteiger partial charge is 0.450 e. The molecule has 0 heterocycles. The van der Waals surface area contributed by atoms with Gasteiger partial charge in [-0.2, -0.15) is 0 Å². The zero-order chi connectivity index (χ0) is 10.1. The van der Waals surface area contributed by atoms with Crippen LogP contribution >= 0.6 is 0 Å². The monoisotopic (exact) mass is 188 g/mol. The molecule has 2 N–H and O–H groups in total. The van der Waals surface area contributed by atoms with E-state index in [0.717, 1.165) is 13.1 Å². The van der Waals surface area contributed by atoms with E-state index in [4.69, 9.17) is 4.74 Å². The number of nitrogens with one attached hydrogen (secondary N) is 2. The number of ether oxygens (including phenoxy) is 1. The van der Waals surface area contributed by atoms with Gasteiger partial charge in [0.05, 0.1) is 6.61 Å². The summed E-state index contributed by atoms with van der Waals surface area (Å²) >= 11 is 0. The molecule has 0 unspecified atom stereocenters. The summed E-state index contributed by atoms with van der Waals surface area (Å²) in [6.07, 6.45) is -0.339. The van der Waals surface area contributed by atoms with Crippen molar-refractivity contribution in [3.05, 3.63) is 0 Å². The first-order chi connectivity index (χ1) is 6.16. The first-order valence-corrected chi connectivity index (χ1v) is 4.78. The number of carbonyl (C=O) groups is 1. The normalized spacial score (nSPS) is 10.2. The maximum Gasteiger partial charge on any atom is 0.407 e. The number of alkyl carbamates (subject to hydrolysis) is 1. The van der Waals surface area contributed by atoms with Gasteiger partial charge in [-0.05, 0) is 19.4 Å². The third-order valence-electron chi connectivity index (χ3n) is 1.40. The van der Waals surface area contributed by atoms with Gasteiger partial charge in [-0.15, -0.1) is 0 Å². The fraction of sp³-hybridized carbons (Fsp3) is 0.889. The van der Waals surface area contributed by atoms with Crippen molar-refractivity contribution in [3.63, 3.8) is 0 Å². The standard InChI is InChI=1S/C9H20N2O2/c1-4-13-9(12)11-6-5-10-7-8(2)3/h8,10H,4-7H2,1-3H3,(H,11,12). The van der Waals surface area contributed by atoms with Crippen molar-refractivity contribution in [2.75, 3.05) is 26.2 Å². The van der Waals surface area contributed by atoms with Crippen molar-refractivity contribution < 1.29 is 9.53 Å². The molecule has 4 nitrogen and oxygen atoms in total. The van der Waals surface area contributed by atoms with Crippen molar-refractivity contribution >= 4 is 6.09 Å². The first-order valence-electron chi connectivity index (χ1n) is 4.78. The van der Waals surface area contributed by atoms with E-state index < -0.39 is 0 Å². The van der Waals surface area contributed by atoms with Crippen LogP contribution in [0.2, 0.25) is 0 Å². The summed E-state index contributed by atoms with van der Waals surface area (Å²) in [5.74, 6) is 0.641. The molecule has 0 aliphatic carbocycles. The number of amides is 1. The summed E-state index contributed by atoms with van der Waals surface area (Å²) in [6, 6.07) is 0. The van der Waals surface area contributed by atoms with E-state index in [1.165, 1.54) is 0 Å². The molecule has 78 valence electrons. The van der Waals surface area contributed by atoms with Crippen molar-refractivity contribution in [3.8, 4) is 0 Å². The van der Waals surface area contributed by atoms with Gasteiger partial charge < -0.3 is 15.4 Å². The van der Waals surface area contributed by atoms with E-state index >= 15 is 0 Å². The Morgan fingerprint density at radius 1 is 1.38 bits per heavy atom. The summed E-state index contributed by atoms with van der Waals surface area (Å²) < 4.78 is 4.69. The Morgan fingerprint density at radius 3 is 2.62 bits per heavy atom. The van der Waals surface area contributed by atoms with Gasteiger partial charge >= 0.3 is 6.09 Å². The fourth-order valence-corrected chi connectivity index (χ4v) is 0.826. The van der Waals surface area contributed by atoms with E-state index in [1.807, 2.05) is 0 Å². The van der Waals surface area contributed by atoms with E-state index in [-0.39, 0.29) is 6.09 Å². The minimum Gasteiger partial charge on any atom is -0.450 e. The van der Waals surface area contributed by atoms with Crippen molar-refractivity contribution in [2.24, 2.45) is 5.92 Å². The number of hydrogen-bond donors (Lipinski definition) is 2. The topological polar surface area (TPSA) is 50.4 Å². The molecule has 0 rings (SSSR count). The van der Waals surface area contributed by atoms with Crippen LogP contribution in [0.3, 0.4) is 0 Å². The van der Waals surface area contributed by atoms with Crippen LogP contribution in [0.15, 0.2) is 0 Å². The molecule has 0 aromatic heterocycles. The van der Waals surface area contributed by atoms with E-state index in [1.54, 1.807) is 6.92 Å². The van der Waals surface area contributed by atoms with Crippen LogP contribution < -0.4 is 10.6 Å². The van der Waals surface area contributed by atoms with Gasteiger partial charge in [0.1, 0.15) is 0 Å². The molecular weight excluding hydrogens is 168 g/mol. The minimum atomic E-state index is -0.339. The number of hydrogen-bond acceptors (Lipinski definition) is 3. The Labute approximate surface area is 80.0 Å². The molecule has 0 radical (unpaired) electrons. The zero-order valence-electron chi connectivity index (χ0n) is 8.72. The molecule has 0 spiro atoms. The summed E-state index contributed by atoms with van der Waals surface area (Å²) in [6.45, 7) is 8.88. The molecule has 0 bridgehead atoms. The van der Waals surface area contributed by atoms with Crippen molar-refractivity contribution in [1.82, 2.24) is 10.6 Å². The molecular formula is C9H20N2O2. The molecule has 1 amide bonds. The van der Waals surface area contributed by atoms with Crippen molar-refractivity contribution in [1.29, 1.82) is 0 Å². The lowest BCUT2D eigenvalue weighted by molar-refractivity contribution is 0.152. The first kappa shape index (κ1) is 12.2. The molecule has 0 aliphatic rings. The second-order valence-electron chi connectivity index (χ2n) is 3.25. The van der Waals surface area contributed by atoms with Gasteiger partial charge in [0, 0.05) is 13.1 Å². The molecule has 0 aromatic rings. The van der Waals surface area contributed by atoms with Crippen LogP contribution in [0.4, 0.5) is 4.79 Å². The third kappa shape index (κ3) is 9.14. The Balaban J connectivity index is 3.11. The lowest BCUT2D eigenvalue weighted by atomic mass is 10.2. The van der Waals surface area contributed by atoms with Gasteiger partial charge in [0.2, 0.25) is 0 Å². The minimum absolute atomic E-state index is 0.339. The maximum atomic E-state index is 10.8. The lowest BCUT2D eigenvalue weighted by Gasteiger charge is -2.08. The highest BCUT2D eigenvalue weighted by molar-refractivity contribution is 5.66. The fourth-order valence-electron chi connectivity index (χ4n) is 0.826. The molecule has 4 heteroatoms. The summed E-state index contributed by atoms with van der Waals surface area (Å²) in [5, 5.41) is 5.85. The zero-order valence-corrected chi connectivity index (χ0v) is 8.72. The van der Waals surface area contributed by atoms with Crippen LogP contribution in [0.25, 0.3) is 0 Å². The summed E-state index contributed by atoms with van der Waals surface area (Å²) in [7, 11) is 0.